The number of aliphatic hydroxyl groups is 3. The minimum absolute atomic E-state index is 0.0182. The number of fused-ring (bicyclic) bond motifs is 3. The van der Waals surface area contributed by atoms with Crippen molar-refractivity contribution in [2.75, 3.05) is 20.6 Å². The molecule has 4 atom stereocenters. The highest BCUT2D eigenvalue weighted by Gasteiger charge is 2.64. The number of likely N-dealkylation sites (N-methyl/N-ethyl adjacent to an activating group) is 1. The van der Waals surface area contributed by atoms with Crippen LogP contribution in [0.1, 0.15) is 23.1 Å². The number of phenolic OH excluding ortho intramolecular Hbond substituents is 1. The van der Waals surface area contributed by atoms with Gasteiger partial charge >= 0.3 is 0 Å². The molecule has 3 aliphatic rings. The maximum absolute atomic E-state index is 13.9. The molecule has 0 bridgehead atoms. The van der Waals surface area contributed by atoms with Crippen molar-refractivity contribution in [3.63, 3.8) is 0 Å². The Morgan fingerprint density at radius 2 is 1.83 bits per heavy atom. The van der Waals surface area contributed by atoms with E-state index in [9.17, 15) is 34.8 Å². The molecular formula is C30H30N4O7. The van der Waals surface area contributed by atoms with Gasteiger partial charge in [0.25, 0.3) is 5.91 Å². The van der Waals surface area contributed by atoms with Crippen LogP contribution < -0.4 is 11.1 Å². The van der Waals surface area contributed by atoms with Gasteiger partial charge in [-0.1, -0.05) is 30.3 Å². The number of carbonyl (C=O) groups is 3. The first-order valence-electron chi connectivity index (χ1n) is 13.1. The number of hydrogen-bond donors (Lipinski definition) is 6. The van der Waals surface area contributed by atoms with Crippen molar-refractivity contribution in [2.24, 2.45) is 17.6 Å². The average Bonchev–Trinajstić information content (AvgIpc) is 2.91. The highest BCUT2D eigenvalue weighted by atomic mass is 16.3. The summed E-state index contributed by atoms with van der Waals surface area (Å²) >= 11 is 0. The second kappa shape index (κ2) is 10.2. The van der Waals surface area contributed by atoms with Crippen LogP contribution in [0.3, 0.4) is 0 Å². The number of amides is 1. The van der Waals surface area contributed by atoms with Crippen molar-refractivity contribution in [1.29, 1.82) is 5.26 Å². The van der Waals surface area contributed by atoms with Crippen LogP contribution in [0.25, 0.3) is 16.9 Å². The minimum atomic E-state index is -2.67. The summed E-state index contributed by atoms with van der Waals surface area (Å²) in [5.74, 6) is -6.82. The molecule has 3 aliphatic carbocycles. The predicted octanol–water partition coefficient (Wildman–Crippen LogP) is 1.24. The molecule has 0 unspecified atom stereocenters. The second-order valence-electron chi connectivity index (χ2n) is 10.9. The predicted molar refractivity (Wildman–Crippen MR) is 147 cm³/mol. The number of carbonyl (C=O) groups excluding carboxylic acids is 3. The van der Waals surface area contributed by atoms with E-state index in [0.717, 1.165) is 16.7 Å². The number of nitrogens with two attached hydrogens (primary N) is 1. The Labute approximate surface area is 235 Å². The Hall–Kier alpha value is -4.50. The van der Waals surface area contributed by atoms with E-state index < -0.39 is 58.0 Å². The molecule has 0 aliphatic heterocycles. The number of nitriles is 1. The van der Waals surface area contributed by atoms with Crippen LogP contribution in [-0.2, 0) is 27.3 Å². The number of nitrogens with zero attached hydrogens (tertiary/aromatic N) is 2. The van der Waals surface area contributed by atoms with Crippen molar-refractivity contribution in [1.82, 2.24) is 10.2 Å². The number of phenols is 1. The van der Waals surface area contributed by atoms with Crippen molar-refractivity contribution in [3.05, 3.63) is 70.0 Å². The molecule has 0 aromatic heterocycles. The van der Waals surface area contributed by atoms with Crippen LogP contribution in [0.5, 0.6) is 5.75 Å². The third-order valence-electron chi connectivity index (χ3n) is 8.40. The summed E-state index contributed by atoms with van der Waals surface area (Å²) in [4.78, 5) is 40.8. The van der Waals surface area contributed by atoms with Gasteiger partial charge in [-0.15, -0.1) is 0 Å². The Balaban J connectivity index is 1.63. The third-order valence-corrected chi connectivity index (χ3v) is 8.40. The van der Waals surface area contributed by atoms with Gasteiger partial charge in [0.15, 0.2) is 11.4 Å². The number of aliphatic hydroxyl groups excluding tert-OH is 2. The van der Waals surface area contributed by atoms with Gasteiger partial charge in [0.1, 0.15) is 22.8 Å². The van der Waals surface area contributed by atoms with Gasteiger partial charge in [-0.3, -0.25) is 19.3 Å². The number of aromatic hydroxyl groups is 1. The number of hydrogen-bond acceptors (Lipinski definition) is 10. The molecule has 1 fully saturated rings. The molecule has 0 radical (unpaired) electrons. The van der Waals surface area contributed by atoms with Crippen LogP contribution in [0.2, 0.25) is 0 Å². The molecule has 41 heavy (non-hydrogen) atoms. The molecule has 2 aromatic rings. The average molecular weight is 559 g/mol. The van der Waals surface area contributed by atoms with E-state index in [-0.39, 0.29) is 36.3 Å². The molecule has 0 spiro atoms. The van der Waals surface area contributed by atoms with E-state index in [0.29, 0.717) is 12.1 Å². The van der Waals surface area contributed by atoms with Gasteiger partial charge in [-0.2, -0.15) is 5.26 Å². The van der Waals surface area contributed by atoms with Gasteiger partial charge in [-0.25, -0.2) is 0 Å². The van der Waals surface area contributed by atoms with Gasteiger partial charge in [0.05, 0.1) is 24.2 Å². The largest absolute Gasteiger partial charge is 0.508 e. The lowest BCUT2D eigenvalue weighted by atomic mass is 9.57. The first-order chi connectivity index (χ1) is 19.4. The topological polar surface area (TPSA) is 197 Å². The fraction of sp³-hybridized carbons (Fsp3) is 0.333. The van der Waals surface area contributed by atoms with Gasteiger partial charge < -0.3 is 31.5 Å². The van der Waals surface area contributed by atoms with E-state index in [1.165, 1.54) is 11.0 Å². The fourth-order valence-corrected chi connectivity index (χ4v) is 6.58. The summed E-state index contributed by atoms with van der Waals surface area (Å²) in [6.07, 6.45) is 0.216. The lowest BCUT2D eigenvalue weighted by molar-refractivity contribution is -0.153. The molecule has 0 saturated heterocycles. The van der Waals surface area contributed by atoms with Gasteiger partial charge in [-0.05, 0) is 61.2 Å². The second-order valence-corrected chi connectivity index (χ2v) is 10.9. The highest BCUT2D eigenvalue weighted by molar-refractivity contribution is 6.24. The summed E-state index contributed by atoms with van der Waals surface area (Å²) in [6.45, 7) is 0.725. The van der Waals surface area contributed by atoms with Crippen molar-refractivity contribution in [2.45, 2.75) is 31.0 Å². The van der Waals surface area contributed by atoms with E-state index in [4.69, 9.17) is 11.0 Å². The highest BCUT2D eigenvalue weighted by Crippen LogP contribution is 2.53. The first kappa shape index (κ1) is 28.0. The number of ketones is 2. The molecule has 2 aromatic carbocycles. The molecule has 0 heterocycles. The van der Waals surface area contributed by atoms with Crippen LogP contribution in [0.4, 0.5) is 0 Å². The van der Waals surface area contributed by atoms with Crippen LogP contribution in [-0.4, -0.2) is 75.1 Å². The zero-order valence-corrected chi connectivity index (χ0v) is 22.5. The maximum atomic E-state index is 13.9. The Morgan fingerprint density at radius 3 is 2.44 bits per heavy atom. The number of Topliss-reactive ketones (excluding diaryl/α,β-unsaturated/α-hetero) is 2. The fourth-order valence-electron chi connectivity index (χ4n) is 6.58. The Morgan fingerprint density at radius 1 is 1.15 bits per heavy atom. The summed E-state index contributed by atoms with van der Waals surface area (Å²) in [6, 6.07) is 11.6. The van der Waals surface area contributed by atoms with Crippen LogP contribution in [0, 0.1) is 23.2 Å². The molecule has 11 nitrogen and oxygen atoms in total. The summed E-state index contributed by atoms with van der Waals surface area (Å²) in [5.41, 5.74) is 4.75. The number of nitrogens with one attached hydrogen (secondary N) is 1. The van der Waals surface area contributed by atoms with E-state index in [2.05, 4.69) is 5.32 Å². The third kappa shape index (κ3) is 4.19. The van der Waals surface area contributed by atoms with Crippen molar-refractivity contribution in [3.8, 4) is 22.9 Å². The maximum Gasteiger partial charge on any atom is 0.255 e. The normalized spacial score (nSPS) is 25.5. The molecule has 1 saturated carbocycles. The van der Waals surface area contributed by atoms with Crippen molar-refractivity contribution < 1.29 is 34.8 Å². The molecule has 212 valence electrons. The first-order valence-corrected chi connectivity index (χ1v) is 13.1. The van der Waals surface area contributed by atoms with E-state index >= 15 is 0 Å². The Kier molecular flexibility index (Phi) is 6.95. The molecule has 5 rings (SSSR count). The number of primary amides is 1. The zero-order chi connectivity index (χ0) is 29.8. The number of benzene rings is 2. The molecule has 1 amide bonds. The monoisotopic (exact) mass is 558 g/mol. The standard InChI is InChI=1S/C30H30N4O7/c1-34(2)24-19-12-16-11-18-17(15-5-3-14(4-6-15)13-33-10-9-31)7-8-20(35)22(18)25(36)21(16)27(38)30(19,41)28(39)23(26(24)37)29(32)40/h3-8,16,19,24,33,35-36,39,41H,10-13H2,1-2H3,(H2,32,40)/t16-,19-,24-,30-/m0/s1. The smallest absolute Gasteiger partial charge is 0.255 e. The number of rotatable bonds is 6. The summed E-state index contributed by atoms with van der Waals surface area (Å²) in [5, 5.41) is 56.6. The molecule has 11 heteroatoms. The zero-order valence-electron chi connectivity index (χ0n) is 22.5. The van der Waals surface area contributed by atoms with Gasteiger partial charge in [0.2, 0.25) is 5.78 Å². The van der Waals surface area contributed by atoms with Crippen LogP contribution >= 0.6 is 0 Å². The summed E-state index contributed by atoms with van der Waals surface area (Å²) in [7, 11) is 3.12. The van der Waals surface area contributed by atoms with E-state index in [1.54, 1.807) is 20.2 Å². The lowest BCUT2D eigenvalue weighted by Crippen LogP contribution is -2.65. The van der Waals surface area contributed by atoms with E-state index in [1.807, 2.05) is 30.3 Å². The van der Waals surface area contributed by atoms with Crippen molar-refractivity contribution >= 4 is 23.2 Å². The lowest BCUT2D eigenvalue weighted by Gasteiger charge is -2.50. The SMILES string of the molecule is CN(C)[C@@H]1C(=O)C(C(N)=O)=C(O)[C@@]2(O)C(=O)C3=C(O)c4c(O)ccc(-c5ccc(CNCC#N)cc5)c4C[C@H]3C[C@@H]12. The van der Waals surface area contributed by atoms with Gasteiger partial charge in [0, 0.05) is 18.0 Å². The quantitative estimate of drug-likeness (QED) is 0.170. The molecular weight excluding hydrogens is 528 g/mol. The summed E-state index contributed by atoms with van der Waals surface area (Å²) < 4.78 is 0. The van der Waals surface area contributed by atoms with Crippen LogP contribution in [0.15, 0.2) is 53.3 Å². The molecule has 7 N–H and O–H groups in total. The minimum Gasteiger partial charge on any atom is -0.508 e. The Bertz CT molecular complexity index is 1580.